The standard InChI is InChI=1S/C16H13FN2OS/c17-13-8-4-5-9-14(13)18-16(21)19-15(20)11-10-12-6-2-1-3-7-12/h1-11H,(H2,18,19,20,21)/b11-10-. The van der Waals surface area contributed by atoms with Crippen molar-refractivity contribution >= 4 is 35.0 Å². The number of thiocarbonyl (C=S) groups is 1. The summed E-state index contributed by atoms with van der Waals surface area (Å²) in [6.07, 6.45) is 3.03. The second-order valence-corrected chi connectivity index (χ2v) is 4.58. The molecule has 106 valence electrons. The molecular formula is C16H13FN2OS. The molecule has 2 aromatic rings. The molecule has 3 nitrogen and oxygen atoms in total. The Balaban J connectivity index is 1.90. The van der Waals surface area contributed by atoms with E-state index in [1.165, 1.54) is 18.2 Å². The highest BCUT2D eigenvalue weighted by Gasteiger charge is 2.04. The lowest BCUT2D eigenvalue weighted by Crippen LogP contribution is -2.33. The van der Waals surface area contributed by atoms with Gasteiger partial charge in [-0.1, -0.05) is 42.5 Å². The van der Waals surface area contributed by atoms with Gasteiger partial charge in [0.25, 0.3) is 0 Å². The van der Waals surface area contributed by atoms with E-state index in [4.69, 9.17) is 12.2 Å². The molecule has 5 heteroatoms. The minimum atomic E-state index is -0.436. The van der Waals surface area contributed by atoms with Crippen LogP contribution in [0.15, 0.2) is 60.7 Å². The van der Waals surface area contributed by atoms with Gasteiger partial charge in [-0.3, -0.25) is 10.1 Å². The van der Waals surface area contributed by atoms with Crippen LogP contribution in [0.25, 0.3) is 6.08 Å². The molecule has 0 aliphatic heterocycles. The summed E-state index contributed by atoms with van der Waals surface area (Å²) in [7, 11) is 0. The van der Waals surface area contributed by atoms with Crippen molar-refractivity contribution in [3.8, 4) is 0 Å². The molecule has 0 spiro atoms. The summed E-state index contributed by atoms with van der Waals surface area (Å²) < 4.78 is 13.4. The van der Waals surface area contributed by atoms with Crippen molar-refractivity contribution in [1.29, 1.82) is 0 Å². The first-order valence-electron chi connectivity index (χ1n) is 6.25. The Hall–Kier alpha value is -2.53. The minimum absolute atomic E-state index is 0.0443. The van der Waals surface area contributed by atoms with Gasteiger partial charge in [0.1, 0.15) is 5.82 Å². The monoisotopic (exact) mass is 300 g/mol. The molecule has 0 saturated carbocycles. The summed E-state index contributed by atoms with van der Waals surface area (Å²) in [5.41, 5.74) is 1.12. The highest BCUT2D eigenvalue weighted by molar-refractivity contribution is 7.80. The van der Waals surface area contributed by atoms with E-state index in [-0.39, 0.29) is 16.7 Å². The summed E-state index contributed by atoms with van der Waals surface area (Å²) >= 11 is 4.96. The topological polar surface area (TPSA) is 41.1 Å². The van der Waals surface area contributed by atoms with Crippen LogP contribution in [0.1, 0.15) is 5.56 Å². The predicted octanol–water partition coefficient (Wildman–Crippen LogP) is 3.35. The second-order valence-electron chi connectivity index (χ2n) is 4.17. The Kier molecular flexibility index (Phi) is 5.17. The maximum absolute atomic E-state index is 13.4. The van der Waals surface area contributed by atoms with Gasteiger partial charge in [-0.15, -0.1) is 0 Å². The van der Waals surface area contributed by atoms with Crippen LogP contribution < -0.4 is 10.6 Å². The largest absolute Gasteiger partial charge is 0.330 e. The molecular weight excluding hydrogens is 287 g/mol. The highest BCUT2D eigenvalue weighted by Crippen LogP contribution is 2.11. The van der Waals surface area contributed by atoms with Crippen molar-refractivity contribution in [3.63, 3.8) is 0 Å². The first kappa shape index (κ1) is 14.9. The molecule has 2 rings (SSSR count). The van der Waals surface area contributed by atoms with Crippen molar-refractivity contribution in [2.75, 3.05) is 5.32 Å². The molecule has 0 aliphatic carbocycles. The van der Waals surface area contributed by atoms with Gasteiger partial charge in [0.05, 0.1) is 5.69 Å². The van der Waals surface area contributed by atoms with E-state index >= 15 is 0 Å². The number of anilines is 1. The van der Waals surface area contributed by atoms with Crippen LogP contribution in [-0.4, -0.2) is 11.0 Å². The number of hydrogen-bond acceptors (Lipinski definition) is 2. The molecule has 0 unspecified atom stereocenters. The Labute approximate surface area is 127 Å². The maximum atomic E-state index is 13.4. The number of amides is 1. The molecule has 0 saturated heterocycles. The van der Waals surface area contributed by atoms with E-state index in [1.807, 2.05) is 30.3 Å². The van der Waals surface area contributed by atoms with Crippen LogP contribution in [0.4, 0.5) is 10.1 Å². The average Bonchev–Trinajstić information content (AvgIpc) is 2.48. The average molecular weight is 300 g/mol. The predicted molar refractivity (Wildman–Crippen MR) is 86.2 cm³/mol. The minimum Gasteiger partial charge on any atom is -0.330 e. The van der Waals surface area contributed by atoms with Gasteiger partial charge in [-0.05, 0) is 36.0 Å². The number of halogens is 1. The maximum Gasteiger partial charge on any atom is 0.250 e. The number of carbonyl (C=O) groups excluding carboxylic acids is 1. The number of nitrogens with one attached hydrogen (secondary N) is 2. The first-order valence-corrected chi connectivity index (χ1v) is 6.65. The quantitative estimate of drug-likeness (QED) is 0.674. The van der Waals surface area contributed by atoms with Crippen LogP contribution >= 0.6 is 12.2 Å². The Morgan fingerprint density at radius 3 is 2.43 bits per heavy atom. The van der Waals surface area contributed by atoms with E-state index < -0.39 is 5.82 Å². The van der Waals surface area contributed by atoms with E-state index in [0.29, 0.717) is 0 Å². The Bertz CT molecular complexity index is 671. The van der Waals surface area contributed by atoms with Crippen molar-refractivity contribution in [3.05, 3.63) is 72.1 Å². The lowest BCUT2D eigenvalue weighted by Gasteiger charge is -2.08. The SMILES string of the molecule is O=C(/C=C\c1ccccc1)NC(=S)Nc1ccccc1F. The Morgan fingerprint density at radius 1 is 1.05 bits per heavy atom. The van der Waals surface area contributed by atoms with Crippen LogP contribution in [0.5, 0.6) is 0 Å². The van der Waals surface area contributed by atoms with Gasteiger partial charge in [-0.2, -0.15) is 0 Å². The number of carbonyl (C=O) groups is 1. The Morgan fingerprint density at radius 2 is 1.71 bits per heavy atom. The molecule has 1 amide bonds. The van der Waals surface area contributed by atoms with Crippen LogP contribution in [0, 0.1) is 5.82 Å². The van der Waals surface area contributed by atoms with Gasteiger partial charge in [0.15, 0.2) is 5.11 Å². The smallest absolute Gasteiger partial charge is 0.250 e. The van der Waals surface area contributed by atoms with Gasteiger partial charge in [0, 0.05) is 6.08 Å². The van der Waals surface area contributed by atoms with Gasteiger partial charge in [0.2, 0.25) is 5.91 Å². The second kappa shape index (κ2) is 7.31. The van der Waals surface area contributed by atoms with Gasteiger partial charge >= 0.3 is 0 Å². The molecule has 2 N–H and O–H groups in total. The van der Waals surface area contributed by atoms with E-state index in [9.17, 15) is 9.18 Å². The molecule has 0 aliphatic rings. The third-order valence-corrected chi connectivity index (χ3v) is 2.79. The van der Waals surface area contributed by atoms with E-state index in [0.717, 1.165) is 5.56 Å². The lowest BCUT2D eigenvalue weighted by atomic mass is 10.2. The molecule has 0 heterocycles. The van der Waals surface area contributed by atoms with Gasteiger partial charge in [-0.25, -0.2) is 4.39 Å². The zero-order valence-corrected chi connectivity index (χ0v) is 11.9. The number of rotatable bonds is 3. The summed E-state index contributed by atoms with van der Waals surface area (Å²) in [4.78, 5) is 11.7. The number of para-hydroxylation sites is 1. The fourth-order valence-corrected chi connectivity index (χ4v) is 1.82. The summed E-state index contributed by atoms with van der Waals surface area (Å²) in [5, 5.41) is 5.13. The summed E-state index contributed by atoms with van der Waals surface area (Å²) in [5.74, 6) is -0.818. The fraction of sp³-hybridized carbons (Fsp3) is 0. The van der Waals surface area contributed by atoms with Crippen LogP contribution in [0.3, 0.4) is 0 Å². The third kappa shape index (κ3) is 4.81. The van der Waals surface area contributed by atoms with Crippen LogP contribution in [0.2, 0.25) is 0 Å². The number of hydrogen-bond donors (Lipinski definition) is 2. The first-order chi connectivity index (χ1) is 10.1. The van der Waals surface area contributed by atoms with Crippen molar-refractivity contribution in [1.82, 2.24) is 5.32 Å². The van der Waals surface area contributed by atoms with Crippen LogP contribution in [-0.2, 0) is 4.79 Å². The molecule has 0 aromatic heterocycles. The van der Waals surface area contributed by atoms with Gasteiger partial charge < -0.3 is 5.32 Å². The molecule has 0 bridgehead atoms. The normalized spacial score (nSPS) is 10.3. The summed E-state index contributed by atoms with van der Waals surface area (Å²) in [6.45, 7) is 0. The highest BCUT2D eigenvalue weighted by atomic mass is 32.1. The molecule has 0 fully saturated rings. The zero-order chi connectivity index (χ0) is 15.1. The van der Waals surface area contributed by atoms with Crippen molar-refractivity contribution in [2.24, 2.45) is 0 Å². The van der Waals surface area contributed by atoms with E-state index in [1.54, 1.807) is 18.2 Å². The zero-order valence-electron chi connectivity index (χ0n) is 11.0. The third-order valence-electron chi connectivity index (χ3n) is 2.59. The summed E-state index contributed by atoms with van der Waals surface area (Å²) in [6, 6.07) is 15.5. The molecule has 2 aromatic carbocycles. The van der Waals surface area contributed by atoms with E-state index in [2.05, 4.69) is 10.6 Å². The number of benzene rings is 2. The van der Waals surface area contributed by atoms with Crippen molar-refractivity contribution in [2.45, 2.75) is 0 Å². The molecule has 0 atom stereocenters. The lowest BCUT2D eigenvalue weighted by molar-refractivity contribution is -0.115. The van der Waals surface area contributed by atoms with Crippen molar-refractivity contribution < 1.29 is 9.18 Å². The fourth-order valence-electron chi connectivity index (χ4n) is 1.61. The molecule has 21 heavy (non-hydrogen) atoms. The molecule has 0 radical (unpaired) electrons.